The molecule has 2 aromatic heterocycles. The zero-order valence-electron chi connectivity index (χ0n) is 11.0. The molecule has 0 unspecified atom stereocenters. The van der Waals surface area contributed by atoms with E-state index >= 15 is 0 Å². The normalized spacial score (nSPS) is 22.7. The van der Waals surface area contributed by atoms with E-state index in [2.05, 4.69) is 15.0 Å². The molecule has 0 aliphatic heterocycles. The van der Waals surface area contributed by atoms with Gasteiger partial charge in [0.15, 0.2) is 0 Å². The van der Waals surface area contributed by atoms with Crippen molar-refractivity contribution in [2.45, 2.75) is 24.9 Å². The zero-order valence-corrected chi connectivity index (χ0v) is 11.8. The maximum Gasteiger partial charge on any atom is 0.142 e. The van der Waals surface area contributed by atoms with Gasteiger partial charge < -0.3 is 14.5 Å². The molecule has 0 spiro atoms. The first-order valence-corrected chi connectivity index (χ1v) is 6.61. The summed E-state index contributed by atoms with van der Waals surface area (Å²) in [7, 11) is 3.43. The molecule has 0 saturated heterocycles. The van der Waals surface area contributed by atoms with E-state index in [4.69, 9.17) is 21.1 Å². The molecule has 19 heavy (non-hydrogen) atoms. The van der Waals surface area contributed by atoms with E-state index in [0.717, 1.165) is 35.9 Å². The van der Waals surface area contributed by atoms with E-state index < -0.39 is 0 Å². The Hall–Kier alpha value is -1.17. The standard InChI is InChI=1S/C13H16ClN3O2/c1-18-6-13(19-2)4-3-9-8(5-13)10-11(14)15-7-16-12(10)17-9/h7H,3-6H2,1-2H3,(H,15,16,17)/t13-/m0/s1. The summed E-state index contributed by atoms with van der Waals surface area (Å²) >= 11 is 6.21. The van der Waals surface area contributed by atoms with Gasteiger partial charge >= 0.3 is 0 Å². The molecule has 102 valence electrons. The molecule has 6 heteroatoms. The van der Waals surface area contributed by atoms with Crippen LogP contribution < -0.4 is 0 Å². The summed E-state index contributed by atoms with van der Waals surface area (Å²) in [5.74, 6) is 0. The topological polar surface area (TPSA) is 60.0 Å². The minimum atomic E-state index is -0.282. The van der Waals surface area contributed by atoms with Crippen molar-refractivity contribution < 1.29 is 9.47 Å². The number of aromatic nitrogens is 3. The third-order valence-electron chi connectivity index (χ3n) is 3.91. The summed E-state index contributed by atoms with van der Waals surface area (Å²) in [4.78, 5) is 11.6. The van der Waals surface area contributed by atoms with Gasteiger partial charge in [-0.2, -0.15) is 0 Å². The summed E-state index contributed by atoms with van der Waals surface area (Å²) in [6.07, 6.45) is 4.06. The van der Waals surface area contributed by atoms with Gasteiger partial charge in [-0.3, -0.25) is 0 Å². The van der Waals surface area contributed by atoms with Crippen molar-refractivity contribution in [3.05, 3.63) is 22.7 Å². The van der Waals surface area contributed by atoms with Crippen LogP contribution in [0.25, 0.3) is 11.0 Å². The average molecular weight is 282 g/mol. The number of aryl methyl sites for hydroxylation is 1. The number of halogens is 1. The van der Waals surface area contributed by atoms with E-state index in [1.165, 1.54) is 12.0 Å². The number of H-pyrrole nitrogens is 1. The number of fused-ring (bicyclic) bond motifs is 3. The molecule has 0 bridgehead atoms. The highest BCUT2D eigenvalue weighted by molar-refractivity contribution is 6.34. The van der Waals surface area contributed by atoms with Crippen LogP contribution in [0.2, 0.25) is 5.15 Å². The first kappa shape index (κ1) is 12.8. The van der Waals surface area contributed by atoms with E-state index in [-0.39, 0.29) is 5.60 Å². The summed E-state index contributed by atoms with van der Waals surface area (Å²) in [5, 5.41) is 1.41. The summed E-state index contributed by atoms with van der Waals surface area (Å²) in [5.41, 5.74) is 2.86. The van der Waals surface area contributed by atoms with Gasteiger partial charge in [0.1, 0.15) is 17.1 Å². The monoisotopic (exact) mass is 281 g/mol. The molecule has 1 N–H and O–H groups in total. The molecular weight excluding hydrogens is 266 g/mol. The Balaban J connectivity index is 2.10. The fraction of sp³-hybridized carbons (Fsp3) is 0.538. The van der Waals surface area contributed by atoms with Gasteiger partial charge in [0, 0.05) is 26.3 Å². The largest absolute Gasteiger partial charge is 0.382 e. The smallest absolute Gasteiger partial charge is 0.142 e. The third kappa shape index (κ3) is 2.02. The lowest BCUT2D eigenvalue weighted by Gasteiger charge is -2.35. The highest BCUT2D eigenvalue weighted by Gasteiger charge is 2.37. The number of hydrogen-bond donors (Lipinski definition) is 1. The highest BCUT2D eigenvalue weighted by atomic mass is 35.5. The first-order valence-electron chi connectivity index (χ1n) is 6.23. The van der Waals surface area contributed by atoms with Gasteiger partial charge in [-0.05, 0) is 18.4 Å². The van der Waals surface area contributed by atoms with Crippen molar-refractivity contribution in [1.82, 2.24) is 15.0 Å². The molecule has 5 nitrogen and oxygen atoms in total. The van der Waals surface area contributed by atoms with E-state index in [1.807, 2.05) is 0 Å². The minimum absolute atomic E-state index is 0.282. The maximum atomic E-state index is 6.21. The maximum absolute atomic E-state index is 6.21. The number of nitrogens with one attached hydrogen (secondary N) is 1. The van der Waals surface area contributed by atoms with Gasteiger partial charge in [0.2, 0.25) is 0 Å². The lowest BCUT2D eigenvalue weighted by atomic mass is 9.83. The van der Waals surface area contributed by atoms with Crippen LogP contribution in [0.1, 0.15) is 17.7 Å². The first-order chi connectivity index (χ1) is 9.19. The third-order valence-corrected chi connectivity index (χ3v) is 4.19. The fourth-order valence-electron chi connectivity index (χ4n) is 2.89. The van der Waals surface area contributed by atoms with Crippen LogP contribution in [-0.2, 0) is 22.3 Å². The molecule has 2 heterocycles. The van der Waals surface area contributed by atoms with Gasteiger partial charge in [-0.15, -0.1) is 0 Å². The number of ether oxygens (including phenoxy) is 2. The number of methoxy groups -OCH3 is 2. The van der Waals surface area contributed by atoms with Crippen molar-refractivity contribution in [3.8, 4) is 0 Å². The van der Waals surface area contributed by atoms with Gasteiger partial charge in [0.25, 0.3) is 0 Å². The Morgan fingerprint density at radius 1 is 1.42 bits per heavy atom. The molecule has 0 saturated carbocycles. The quantitative estimate of drug-likeness (QED) is 0.876. The van der Waals surface area contributed by atoms with Crippen LogP contribution in [-0.4, -0.2) is 41.4 Å². The van der Waals surface area contributed by atoms with Crippen molar-refractivity contribution in [1.29, 1.82) is 0 Å². The molecule has 3 rings (SSSR count). The van der Waals surface area contributed by atoms with Crippen molar-refractivity contribution in [2.24, 2.45) is 0 Å². The Morgan fingerprint density at radius 2 is 2.26 bits per heavy atom. The Kier molecular flexibility index (Phi) is 3.20. The Morgan fingerprint density at radius 3 is 3.00 bits per heavy atom. The van der Waals surface area contributed by atoms with Crippen molar-refractivity contribution in [3.63, 3.8) is 0 Å². The van der Waals surface area contributed by atoms with Crippen LogP contribution in [0.4, 0.5) is 0 Å². The molecule has 0 aromatic carbocycles. The van der Waals surface area contributed by atoms with Crippen LogP contribution in [0.3, 0.4) is 0 Å². The molecule has 1 atom stereocenters. The summed E-state index contributed by atoms with van der Waals surface area (Å²) in [6, 6.07) is 0. The summed E-state index contributed by atoms with van der Waals surface area (Å²) < 4.78 is 11.0. The fourth-order valence-corrected chi connectivity index (χ4v) is 3.13. The van der Waals surface area contributed by atoms with Crippen molar-refractivity contribution in [2.75, 3.05) is 20.8 Å². The molecule has 1 aliphatic rings. The number of aromatic amines is 1. The van der Waals surface area contributed by atoms with Gasteiger partial charge in [-0.1, -0.05) is 11.6 Å². The van der Waals surface area contributed by atoms with Crippen LogP contribution in [0.15, 0.2) is 6.33 Å². The van der Waals surface area contributed by atoms with Crippen LogP contribution in [0.5, 0.6) is 0 Å². The molecule has 1 aliphatic carbocycles. The predicted octanol–water partition coefficient (Wildman–Crippen LogP) is 2.13. The number of hydrogen-bond acceptors (Lipinski definition) is 4. The molecule has 2 aromatic rings. The van der Waals surface area contributed by atoms with E-state index in [9.17, 15) is 0 Å². The zero-order chi connectivity index (χ0) is 13.5. The highest BCUT2D eigenvalue weighted by Crippen LogP contribution is 2.37. The second-order valence-electron chi connectivity index (χ2n) is 4.97. The lowest BCUT2D eigenvalue weighted by Crippen LogP contribution is -2.42. The number of rotatable bonds is 3. The molecule has 0 radical (unpaired) electrons. The second kappa shape index (κ2) is 4.74. The molecular formula is C13H16ClN3O2. The summed E-state index contributed by atoms with van der Waals surface area (Å²) in [6.45, 7) is 0.570. The van der Waals surface area contributed by atoms with Gasteiger partial charge in [0.05, 0.1) is 17.6 Å². The second-order valence-corrected chi connectivity index (χ2v) is 5.33. The van der Waals surface area contributed by atoms with Crippen LogP contribution >= 0.6 is 11.6 Å². The lowest BCUT2D eigenvalue weighted by molar-refractivity contribution is -0.0721. The molecule has 0 fully saturated rings. The van der Waals surface area contributed by atoms with Crippen LogP contribution in [0, 0.1) is 0 Å². The van der Waals surface area contributed by atoms with Crippen molar-refractivity contribution >= 4 is 22.6 Å². The van der Waals surface area contributed by atoms with E-state index in [0.29, 0.717) is 11.8 Å². The average Bonchev–Trinajstić information content (AvgIpc) is 2.78. The minimum Gasteiger partial charge on any atom is -0.382 e. The number of nitrogens with zero attached hydrogens (tertiary/aromatic N) is 2. The SMILES string of the molecule is COC[C@]1(OC)CCc2[nH]c3ncnc(Cl)c3c2C1. The predicted molar refractivity (Wildman–Crippen MR) is 72.5 cm³/mol. The molecule has 0 amide bonds. The Labute approximate surface area is 116 Å². The Bertz CT molecular complexity index is 613. The van der Waals surface area contributed by atoms with Gasteiger partial charge in [-0.25, -0.2) is 9.97 Å². The van der Waals surface area contributed by atoms with E-state index in [1.54, 1.807) is 14.2 Å².